The van der Waals surface area contributed by atoms with Crippen LogP contribution in [0.2, 0.25) is 0 Å². The summed E-state index contributed by atoms with van der Waals surface area (Å²) in [5.74, 6) is -2.88. The fourth-order valence-corrected chi connectivity index (χ4v) is 9.62. The normalized spacial score (nSPS) is 22.3. The van der Waals surface area contributed by atoms with Gasteiger partial charge in [-0.1, -0.05) is 38.1 Å². The molecule has 0 bridgehead atoms. The molecule has 1 saturated heterocycles. The number of para-hydroxylation sites is 1. The van der Waals surface area contributed by atoms with Gasteiger partial charge in [0.25, 0.3) is 17.8 Å². The molecular weight excluding hydrogens is 791 g/mol. The maximum atomic E-state index is 14.5. The molecule has 16 nitrogen and oxygen atoms in total. The Hall–Kier alpha value is -5.19. The molecule has 3 fully saturated rings. The van der Waals surface area contributed by atoms with Gasteiger partial charge in [-0.15, -0.1) is 13.2 Å². The van der Waals surface area contributed by atoms with Gasteiger partial charge in [-0.2, -0.15) is 4.98 Å². The first-order valence-corrected chi connectivity index (χ1v) is 22.1. The molecule has 5 atom stereocenters. The fraction of sp³-hybridized carbons (Fsp3) is 0.581. The molecule has 5 rings (SSSR count). The monoisotopic (exact) mass is 851 g/mol. The zero-order valence-corrected chi connectivity index (χ0v) is 36.7. The topological polar surface area (TPSA) is 207 Å². The average Bonchev–Trinajstić information content (AvgIpc) is 4.02. The van der Waals surface area contributed by atoms with Gasteiger partial charge in [0, 0.05) is 19.0 Å². The molecule has 328 valence electrons. The number of ether oxygens (including phenoxy) is 2. The average molecular weight is 852 g/mol. The van der Waals surface area contributed by atoms with Crippen molar-refractivity contribution in [2.45, 2.75) is 140 Å². The number of carbonyl (C=O) groups is 5. The third kappa shape index (κ3) is 9.71. The van der Waals surface area contributed by atoms with Crippen LogP contribution in [0.1, 0.15) is 116 Å². The number of amides is 5. The highest BCUT2D eigenvalue weighted by Crippen LogP contribution is 2.50. The smallest absolute Gasteiger partial charge is 0.408 e. The van der Waals surface area contributed by atoms with Crippen LogP contribution in [0.4, 0.5) is 4.79 Å². The van der Waals surface area contributed by atoms with Crippen LogP contribution in [0.5, 0.6) is 6.01 Å². The number of sulfonamides is 1. The number of carbonyl (C=O) groups excluding carboxylic acids is 5. The molecule has 0 spiro atoms. The van der Waals surface area contributed by atoms with Gasteiger partial charge < -0.3 is 30.3 Å². The summed E-state index contributed by atoms with van der Waals surface area (Å²) >= 11 is 0. The number of nitrogens with one attached hydrogen (secondary N) is 4. The SMILES string of the molecule is C=CCCCC1(S(=O)(=O)NC(=O)[C@@]2(NC(=O)[C@@H]3C[C@@H](Oc4nc5c(C(=O)NCC=C)cccc5n4C(C)C)CN3C(=O)[C@@H](NC(=O)OC(C)(C)C)C(=C)C)C[C@H]2CC)CC1. The van der Waals surface area contributed by atoms with Gasteiger partial charge in [0.15, 0.2) is 0 Å². The van der Waals surface area contributed by atoms with E-state index in [0.717, 1.165) is 0 Å². The number of likely N-dealkylation sites (tertiary alicyclic amines) is 1. The van der Waals surface area contributed by atoms with Crippen molar-refractivity contribution >= 4 is 50.8 Å². The minimum Gasteiger partial charge on any atom is -0.459 e. The van der Waals surface area contributed by atoms with Gasteiger partial charge >= 0.3 is 6.09 Å². The lowest BCUT2D eigenvalue weighted by atomic mass is 10.1. The number of unbranched alkanes of at least 4 members (excludes halogenated alkanes) is 1. The highest BCUT2D eigenvalue weighted by atomic mass is 32.2. The van der Waals surface area contributed by atoms with Crippen molar-refractivity contribution in [3.63, 3.8) is 0 Å². The molecule has 5 amide bonds. The second-order valence-corrected chi connectivity index (χ2v) is 19.6. The van der Waals surface area contributed by atoms with E-state index in [1.165, 1.54) is 4.90 Å². The molecule has 2 aliphatic carbocycles. The highest BCUT2D eigenvalue weighted by Gasteiger charge is 2.63. The van der Waals surface area contributed by atoms with Crippen molar-refractivity contribution in [1.82, 2.24) is 35.1 Å². The van der Waals surface area contributed by atoms with E-state index < -0.39 is 67.9 Å². The second-order valence-electron chi connectivity index (χ2n) is 17.5. The largest absolute Gasteiger partial charge is 0.459 e. The Labute approximate surface area is 353 Å². The predicted molar refractivity (Wildman–Crippen MR) is 228 cm³/mol. The molecular formula is C43H61N7O9S. The number of rotatable bonds is 19. The van der Waals surface area contributed by atoms with Gasteiger partial charge in [0.2, 0.25) is 21.8 Å². The number of hydrogen-bond acceptors (Lipinski definition) is 10. The molecule has 0 unspecified atom stereocenters. The van der Waals surface area contributed by atoms with E-state index in [0.29, 0.717) is 55.1 Å². The lowest BCUT2D eigenvalue weighted by molar-refractivity contribution is -0.140. The van der Waals surface area contributed by atoms with E-state index >= 15 is 0 Å². The summed E-state index contributed by atoms with van der Waals surface area (Å²) in [4.78, 5) is 75.1. The van der Waals surface area contributed by atoms with Crippen molar-refractivity contribution in [1.29, 1.82) is 0 Å². The molecule has 3 aliphatic rings. The van der Waals surface area contributed by atoms with E-state index in [9.17, 15) is 32.4 Å². The maximum absolute atomic E-state index is 14.5. The summed E-state index contributed by atoms with van der Waals surface area (Å²) in [6, 6.07) is 2.66. The summed E-state index contributed by atoms with van der Waals surface area (Å²) in [7, 11) is -4.08. The summed E-state index contributed by atoms with van der Waals surface area (Å²) in [6.07, 6.45) is 4.73. The molecule has 2 heterocycles. The van der Waals surface area contributed by atoms with Crippen molar-refractivity contribution in [2.75, 3.05) is 13.1 Å². The number of alkyl carbamates (subject to hydrolysis) is 1. The van der Waals surface area contributed by atoms with E-state index in [2.05, 4.69) is 40.4 Å². The molecule has 1 aromatic carbocycles. The Morgan fingerprint density at radius 3 is 2.37 bits per heavy atom. The summed E-state index contributed by atoms with van der Waals surface area (Å²) < 4.78 is 42.3. The van der Waals surface area contributed by atoms with Gasteiger partial charge in [-0.25, -0.2) is 13.2 Å². The maximum Gasteiger partial charge on any atom is 0.408 e. The van der Waals surface area contributed by atoms with Crippen molar-refractivity contribution in [3.05, 3.63) is 61.2 Å². The number of hydrogen-bond donors (Lipinski definition) is 4. The molecule has 1 aliphatic heterocycles. The number of benzene rings is 1. The Bertz CT molecular complexity index is 2150. The number of allylic oxidation sites excluding steroid dienone is 1. The van der Waals surface area contributed by atoms with Gasteiger partial charge in [0.05, 0.1) is 22.4 Å². The van der Waals surface area contributed by atoms with Crippen molar-refractivity contribution < 1.29 is 41.9 Å². The van der Waals surface area contributed by atoms with Crippen LogP contribution < -0.4 is 25.4 Å². The van der Waals surface area contributed by atoms with E-state index in [1.54, 1.807) is 52.0 Å². The zero-order chi connectivity index (χ0) is 44.4. The molecule has 2 aromatic rings. The zero-order valence-electron chi connectivity index (χ0n) is 35.9. The number of fused-ring (bicyclic) bond motifs is 1. The molecule has 4 N–H and O–H groups in total. The number of aromatic nitrogens is 2. The van der Waals surface area contributed by atoms with E-state index in [1.807, 2.05) is 31.4 Å². The quantitative estimate of drug-likeness (QED) is 0.110. The van der Waals surface area contributed by atoms with Crippen molar-refractivity contribution in [3.8, 4) is 6.01 Å². The lowest BCUT2D eigenvalue weighted by Gasteiger charge is -2.30. The molecule has 1 aromatic heterocycles. The molecule has 17 heteroatoms. The summed E-state index contributed by atoms with van der Waals surface area (Å²) in [5.41, 5.74) is -0.783. The number of imidazole rings is 1. The summed E-state index contributed by atoms with van der Waals surface area (Å²) in [6.45, 7) is 23.7. The van der Waals surface area contributed by atoms with Crippen LogP contribution in [0, 0.1) is 5.92 Å². The van der Waals surface area contributed by atoms with Crippen molar-refractivity contribution in [2.24, 2.45) is 5.92 Å². The van der Waals surface area contributed by atoms with Gasteiger partial charge in [0.1, 0.15) is 34.8 Å². The van der Waals surface area contributed by atoms with Crippen LogP contribution in [-0.4, -0.2) is 99.8 Å². The second kappa shape index (κ2) is 17.8. The van der Waals surface area contributed by atoms with Crippen LogP contribution in [0.3, 0.4) is 0 Å². The fourth-order valence-electron chi connectivity index (χ4n) is 7.93. The Morgan fingerprint density at radius 1 is 1.10 bits per heavy atom. The third-order valence-electron chi connectivity index (χ3n) is 11.4. The van der Waals surface area contributed by atoms with Crippen LogP contribution in [-0.2, 0) is 29.1 Å². The molecule has 2 saturated carbocycles. The summed E-state index contributed by atoms with van der Waals surface area (Å²) in [5, 5.41) is 8.23. The minimum atomic E-state index is -4.08. The minimum absolute atomic E-state index is 0.0555. The first kappa shape index (κ1) is 45.9. The predicted octanol–water partition coefficient (Wildman–Crippen LogP) is 4.97. The first-order valence-electron chi connectivity index (χ1n) is 20.7. The van der Waals surface area contributed by atoms with Crippen LogP contribution in [0.15, 0.2) is 55.7 Å². The first-order chi connectivity index (χ1) is 28.1. The molecule has 0 radical (unpaired) electrons. The van der Waals surface area contributed by atoms with E-state index in [4.69, 9.17) is 14.5 Å². The highest BCUT2D eigenvalue weighted by molar-refractivity contribution is 7.91. The van der Waals surface area contributed by atoms with Gasteiger partial charge in [-0.05, 0) is 104 Å². The van der Waals surface area contributed by atoms with E-state index in [-0.39, 0.29) is 55.4 Å². The van der Waals surface area contributed by atoms with Crippen LogP contribution >= 0.6 is 0 Å². The lowest BCUT2D eigenvalue weighted by Crippen LogP contribution is -2.59. The Kier molecular flexibility index (Phi) is 13.6. The Morgan fingerprint density at radius 2 is 1.80 bits per heavy atom. The number of nitrogens with zero attached hydrogens (tertiary/aromatic N) is 3. The Balaban J connectivity index is 1.46. The standard InChI is InChI=1S/C43H61N7O9S/c1-11-14-15-19-42(20-21-42)60(56,57)48-38(54)43(24-28(43)13-3)47-36(52)32-23-29(25-49(32)37(53)33(26(4)5)46-40(55)59-41(8,9)10)58-39-45-34-30(35(51)44-22-12-2)17-16-18-31(34)50(39)27(6)7/h11-12,16-18,27-29,32-33H,1-2,4,13-15,19-25H2,3,5-10H3,(H,44,51)(H,46,55)(H,47,52)(H,48,54)/t28-,29-,32+,33+,43-/m1/s1. The van der Waals surface area contributed by atoms with Crippen LogP contribution in [0.25, 0.3) is 11.0 Å². The molecule has 60 heavy (non-hydrogen) atoms. The van der Waals surface area contributed by atoms with Gasteiger partial charge in [-0.3, -0.25) is 28.5 Å². The third-order valence-corrected chi connectivity index (χ3v) is 13.6.